The summed E-state index contributed by atoms with van der Waals surface area (Å²) in [5, 5.41) is 0. The highest BCUT2D eigenvalue weighted by atomic mass is 14.9. The zero-order chi connectivity index (χ0) is 10.9. The molecule has 1 heteroatoms. The molecule has 4 rings (SSSR count). The molecule has 3 fully saturated rings. The lowest BCUT2D eigenvalue weighted by Crippen LogP contribution is -2.38. The van der Waals surface area contributed by atoms with Gasteiger partial charge in [0.05, 0.1) is 6.04 Å². The molecule has 4 aliphatic rings. The number of aliphatic imine (C=N–C) groups is 1. The normalized spacial score (nSPS) is 61.4. The minimum Gasteiger partial charge on any atom is -0.294 e. The number of fused-ring (bicyclic) bond motifs is 9. The van der Waals surface area contributed by atoms with Gasteiger partial charge in [0.1, 0.15) is 0 Å². The smallest absolute Gasteiger partial charge is 0.0555 e. The predicted octanol–water partition coefficient (Wildman–Crippen LogP) is 3.17. The molecule has 0 aliphatic heterocycles. The Morgan fingerprint density at radius 3 is 2.44 bits per heavy atom. The summed E-state index contributed by atoms with van der Waals surface area (Å²) in [4.78, 5) is 4.78. The number of allylic oxidation sites excluding steroid dienone is 2. The molecule has 3 saturated carbocycles. The summed E-state index contributed by atoms with van der Waals surface area (Å²) in [6.45, 7) is 4.53. The first-order chi connectivity index (χ1) is 7.81. The quantitative estimate of drug-likeness (QED) is 0.362. The Kier molecular flexibility index (Phi) is 1.77. The van der Waals surface area contributed by atoms with Crippen LogP contribution in [0.4, 0.5) is 0 Å². The van der Waals surface area contributed by atoms with Crippen LogP contribution < -0.4 is 0 Å². The van der Waals surface area contributed by atoms with Crippen LogP contribution in [0.15, 0.2) is 17.1 Å². The van der Waals surface area contributed by atoms with E-state index in [1.165, 1.54) is 12.8 Å². The Morgan fingerprint density at radius 1 is 1.06 bits per heavy atom. The van der Waals surface area contributed by atoms with Gasteiger partial charge in [-0.25, -0.2) is 0 Å². The Bertz CT molecular complexity index is 370. The van der Waals surface area contributed by atoms with Gasteiger partial charge in [-0.15, -0.1) is 0 Å². The highest BCUT2D eigenvalue weighted by Gasteiger charge is 2.63. The van der Waals surface area contributed by atoms with Crippen LogP contribution in [0.5, 0.6) is 0 Å². The molecular formula is C15H21N. The van der Waals surface area contributed by atoms with Gasteiger partial charge in [-0.1, -0.05) is 19.1 Å². The largest absolute Gasteiger partial charge is 0.294 e. The summed E-state index contributed by atoms with van der Waals surface area (Å²) in [6, 6.07) is 0.656. The molecule has 0 amide bonds. The lowest BCUT2D eigenvalue weighted by Gasteiger charge is -2.39. The molecule has 0 aromatic carbocycles. The van der Waals surface area contributed by atoms with E-state index in [9.17, 15) is 0 Å². The maximum Gasteiger partial charge on any atom is 0.0555 e. The van der Waals surface area contributed by atoms with E-state index in [-0.39, 0.29) is 0 Å². The van der Waals surface area contributed by atoms with Crippen molar-refractivity contribution < 1.29 is 0 Å². The fourth-order valence-electron chi connectivity index (χ4n) is 5.73. The molecule has 0 saturated heterocycles. The summed E-state index contributed by atoms with van der Waals surface area (Å²) in [6.07, 6.45) is 10.0. The van der Waals surface area contributed by atoms with Gasteiger partial charge in [-0.05, 0) is 67.4 Å². The van der Waals surface area contributed by atoms with Crippen molar-refractivity contribution in [3.8, 4) is 0 Å². The molecule has 4 bridgehead atoms. The second-order valence-corrected chi connectivity index (χ2v) is 6.42. The summed E-state index contributed by atoms with van der Waals surface area (Å²) < 4.78 is 0. The molecule has 8 unspecified atom stereocenters. The zero-order valence-electron chi connectivity index (χ0n) is 10.2. The molecule has 86 valence electrons. The first-order valence-corrected chi connectivity index (χ1v) is 6.97. The standard InChI is InChI=1S/C15H21N/c1-3-16-15-8(2)11-7-12(15)14-10-5-4-9(6-10)13(11)14/h3-5,8-15H,6-7H2,1-2H3. The lowest BCUT2D eigenvalue weighted by atomic mass is 9.68. The Labute approximate surface area is 98.0 Å². The fourth-order valence-corrected chi connectivity index (χ4v) is 5.73. The molecule has 1 nitrogen and oxygen atoms in total. The third-order valence-corrected chi connectivity index (χ3v) is 6.09. The predicted molar refractivity (Wildman–Crippen MR) is 66.4 cm³/mol. The van der Waals surface area contributed by atoms with Gasteiger partial charge >= 0.3 is 0 Å². The van der Waals surface area contributed by atoms with E-state index < -0.39 is 0 Å². The van der Waals surface area contributed by atoms with Gasteiger partial charge in [0.2, 0.25) is 0 Å². The van der Waals surface area contributed by atoms with Gasteiger partial charge in [0.25, 0.3) is 0 Å². The molecule has 4 aliphatic carbocycles. The Morgan fingerprint density at radius 2 is 1.75 bits per heavy atom. The molecule has 0 spiro atoms. The Balaban J connectivity index is 1.72. The van der Waals surface area contributed by atoms with Gasteiger partial charge in [-0.2, -0.15) is 0 Å². The highest BCUT2D eigenvalue weighted by Crippen LogP contribution is 2.67. The summed E-state index contributed by atoms with van der Waals surface area (Å²) >= 11 is 0. The van der Waals surface area contributed by atoms with Crippen molar-refractivity contribution in [1.82, 2.24) is 0 Å². The van der Waals surface area contributed by atoms with E-state index in [0.29, 0.717) is 6.04 Å². The van der Waals surface area contributed by atoms with Crippen molar-refractivity contribution >= 4 is 6.21 Å². The number of nitrogens with zero attached hydrogens (tertiary/aromatic N) is 1. The van der Waals surface area contributed by atoms with E-state index in [4.69, 9.17) is 4.99 Å². The van der Waals surface area contributed by atoms with E-state index in [2.05, 4.69) is 26.0 Å². The average molecular weight is 215 g/mol. The van der Waals surface area contributed by atoms with Crippen LogP contribution in [0.3, 0.4) is 0 Å². The van der Waals surface area contributed by atoms with Crippen LogP contribution in [-0.4, -0.2) is 12.3 Å². The van der Waals surface area contributed by atoms with Crippen LogP contribution in [0.25, 0.3) is 0 Å². The molecule has 0 heterocycles. The van der Waals surface area contributed by atoms with Gasteiger partial charge in [0.15, 0.2) is 0 Å². The zero-order valence-corrected chi connectivity index (χ0v) is 10.2. The summed E-state index contributed by atoms with van der Waals surface area (Å²) in [7, 11) is 0. The van der Waals surface area contributed by atoms with Gasteiger partial charge < -0.3 is 0 Å². The third-order valence-electron chi connectivity index (χ3n) is 6.09. The average Bonchev–Trinajstić information content (AvgIpc) is 2.97. The van der Waals surface area contributed by atoms with Crippen molar-refractivity contribution in [1.29, 1.82) is 0 Å². The molecular weight excluding hydrogens is 194 g/mol. The fraction of sp³-hybridized carbons (Fsp3) is 0.800. The van der Waals surface area contributed by atoms with E-state index in [1.807, 2.05) is 6.21 Å². The maximum atomic E-state index is 4.78. The van der Waals surface area contributed by atoms with Crippen LogP contribution in [0.1, 0.15) is 26.7 Å². The van der Waals surface area contributed by atoms with Crippen LogP contribution in [0.2, 0.25) is 0 Å². The number of hydrogen-bond donors (Lipinski definition) is 0. The number of rotatable bonds is 1. The molecule has 0 radical (unpaired) electrons. The first-order valence-electron chi connectivity index (χ1n) is 6.97. The molecule has 8 atom stereocenters. The summed E-state index contributed by atoms with van der Waals surface area (Å²) in [5.41, 5.74) is 0. The second-order valence-electron chi connectivity index (χ2n) is 6.42. The van der Waals surface area contributed by atoms with Crippen molar-refractivity contribution in [2.24, 2.45) is 46.4 Å². The van der Waals surface area contributed by atoms with Gasteiger partial charge in [0, 0.05) is 0 Å². The topological polar surface area (TPSA) is 12.4 Å². The van der Waals surface area contributed by atoms with Crippen LogP contribution in [-0.2, 0) is 0 Å². The van der Waals surface area contributed by atoms with Crippen molar-refractivity contribution in [2.45, 2.75) is 32.7 Å². The van der Waals surface area contributed by atoms with E-state index in [0.717, 1.165) is 41.4 Å². The minimum absolute atomic E-state index is 0.656. The molecule has 0 aromatic heterocycles. The first kappa shape index (κ1) is 9.44. The minimum atomic E-state index is 0.656. The maximum absolute atomic E-state index is 4.78. The monoisotopic (exact) mass is 215 g/mol. The number of hydrogen-bond acceptors (Lipinski definition) is 1. The van der Waals surface area contributed by atoms with Crippen molar-refractivity contribution in [3.05, 3.63) is 12.2 Å². The second kappa shape index (κ2) is 3.00. The SMILES string of the molecule is CC=NC1C(C)C2CC1C1C3C=CC(C3)C21. The molecule has 0 aromatic rings. The Hall–Kier alpha value is -0.590. The lowest BCUT2D eigenvalue weighted by molar-refractivity contribution is 0.139. The molecule has 16 heavy (non-hydrogen) atoms. The summed E-state index contributed by atoms with van der Waals surface area (Å²) in [5.74, 6) is 6.66. The van der Waals surface area contributed by atoms with Crippen molar-refractivity contribution in [3.63, 3.8) is 0 Å². The third kappa shape index (κ3) is 0.919. The van der Waals surface area contributed by atoms with E-state index >= 15 is 0 Å². The van der Waals surface area contributed by atoms with Crippen LogP contribution in [0, 0.1) is 41.4 Å². The van der Waals surface area contributed by atoms with E-state index in [1.54, 1.807) is 0 Å². The van der Waals surface area contributed by atoms with Gasteiger partial charge in [-0.3, -0.25) is 4.99 Å². The molecule has 0 N–H and O–H groups in total. The van der Waals surface area contributed by atoms with Crippen LogP contribution >= 0.6 is 0 Å². The highest BCUT2D eigenvalue weighted by molar-refractivity contribution is 5.53. The van der Waals surface area contributed by atoms with Crippen molar-refractivity contribution in [2.75, 3.05) is 0 Å².